The third-order valence-electron chi connectivity index (χ3n) is 5.29. The fourth-order valence-electron chi connectivity index (χ4n) is 3.82. The van der Waals surface area contributed by atoms with Gasteiger partial charge >= 0.3 is 5.97 Å². The average Bonchev–Trinajstić information content (AvgIpc) is 2.73. The lowest BCUT2D eigenvalue weighted by atomic mass is 9.87. The number of rotatable bonds is 3. The largest absolute Gasteiger partial charge is 0.467 e. The van der Waals surface area contributed by atoms with E-state index in [1.165, 1.54) is 13.3 Å². The molecule has 7 heteroatoms. The lowest BCUT2D eigenvalue weighted by molar-refractivity contribution is -0.157. The van der Waals surface area contributed by atoms with E-state index in [1.807, 2.05) is 0 Å². The van der Waals surface area contributed by atoms with Crippen LogP contribution in [0.15, 0.2) is 24.5 Å². The summed E-state index contributed by atoms with van der Waals surface area (Å²) in [6.07, 6.45) is 8.14. The molecule has 1 saturated carbocycles. The number of methoxy groups -OCH3 is 1. The SMILES string of the molecule is COC(=O)[C@@H]1CN(C(=O)c2cccnc2)CCN1C(=O)C1CCCCC1. The second-order valence-electron chi connectivity index (χ2n) is 6.90. The number of esters is 1. The minimum atomic E-state index is -0.746. The molecule has 0 spiro atoms. The van der Waals surface area contributed by atoms with Crippen molar-refractivity contribution in [3.05, 3.63) is 30.1 Å². The maximum atomic E-state index is 12.9. The Kier molecular flexibility index (Phi) is 5.85. The van der Waals surface area contributed by atoms with Gasteiger partial charge in [0.05, 0.1) is 19.2 Å². The summed E-state index contributed by atoms with van der Waals surface area (Å²) in [4.78, 5) is 45.1. The Balaban J connectivity index is 1.74. The van der Waals surface area contributed by atoms with E-state index >= 15 is 0 Å². The van der Waals surface area contributed by atoms with Crippen LogP contribution in [0.4, 0.5) is 0 Å². The van der Waals surface area contributed by atoms with Crippen molar-refractivity contribution in [2.24, 2.45) is 5.92 Å². The molecule has 140 valence electrons. The Labute approximate surface area is 153 Å². The van der Waals surface area contributed by atoms with Crippen molar-refractivity contribution in [2.75, 3.05) is 26.7 Å². The number of pyridine rings is 1. The Hall–Kier alpha value is -2.44. The molecule has 1 aliphatic carbocycles. The fraction of sp³-hybridized carbons (Fsp3) is 0.579. The summed E-state index contributed by atoms with van der Waals surface area (Å²) in [5, 5.41) is 0. The molecule has 0 bridgehead atoms. The maximum Gasteiger partial charge on any atom is 0.330 e. The van der Waals surface area contributed by atoms with E-state index < -0.39 is 12.0 Å². The molecule has 26 heavy (non-hydrogen) atoms. The molecule has 1 aromatic heterocycles. The van der Waals surface area contributed by atoms with Crippen molar-refractivity contribution in [3.63, 3.8) is 0 Å². The van der Waals surface area contributed by atoms with Crippen LogP contribution in [0, 0.1) is 5.92 Å². The number of nitrogens with zero attached hydrogens (tertiary/aromatic N) is 3. The number of aromatic nitrogens is 1. The number of carbonyl (C=O) groups is 3. The van der Waals surface area contributed by atoms with Gasteiger partial charge < -0.3 is 14.5 Å². The first-order valence-corrected chi connectivity index (χ1v) is 9.19. The number of hydrogen-bond donors (Lipinski definition) is 0. The van der Waals surface area contributed by atoms with E-state index in [0.29, 0.717) is 18.7 Å². The van der Waals surface area contributed by atoms with Crippen molar-refractivity contribution in [3.8, 4) is 0 Å². The van der Waals surface area contributed by atoms with Gasteiger partial charge in [-0.2, -0.15) is 0 Å². The number of piperazine rings is 1. The smallest absolute Gasteiger partial charge is 0.330 e. The van der Waals surface area contributed by atoms with E-state index in [1.54, 1.807) is 28.1 Å². The Morgan fingerprint density at radius 2 is 1.92 bits per heavy atom. The van der Waals surface area contributed by atoms with E-state index in [-0.39, 0.29) is 24.3 Å². The first-order chi connectivity index (χ1) is 12.6. The highest BCUT2D eigenvalue weighted by molar-refractivity contribution is 5.95. The van der Waals surface area contributed by atoms with Gasteiger partial charge in [-0.3, -0.25) is 14.6 Å². The summed E-state index contributed by atoms with van der Waals surface area (Å²) in [6, 6.07) is 2.65. The van der Waals surface area contributed by atoms with Crippen LogP contribution in [0.25, 0.3) is 0 Å². The summed E-state index contributed by atoms with van der Waals surface area (Å²) in [5.41, 5.74) is 0.475. The highest BCUT2D eigenvalue weighted by atomic mass is 16.5. The van der Waals surface area contributed by atoms with Gasteiger partial charge in [0.2, 0.25) is 5.91 Å². The fourth-order valence-corrected chi connectivity index (χ4v) is 3.82. The molecule has 1 aliphatic heterocycles. The number of carbonyl (C=O) groups excluding carboxylic acids is 3. The van der Waals surface area contributed by atoms with Crippen LogP contribution in [0.5, 0.6) is 0 Å². The molecule has 0 N–H and O–H groups in total. The average molecular weight is 359 g/mol. The van der Waals surface area contributed by atoms with Crippen molar-refractivity contribution >= 4 is 17.8 Å². The molecule has 2 heterocycles. The van der Waals surface area contributed by atoms with Crippen molar-refractivity contribution in [1.29, 1.82) is 0 Å². The van der Waals surface area contributed by atoms with Gasteiger partial charge in [-0.15, -0.1) is 0 Å². The first kappa shape index (κ1) is 18.4. The lowest BCUT2D eigenvalue weighted by Crippen LogP contribution is -2.60. The van der Waals surface area contributed by atoms with Gasteiger partial charge in [0, 0.05) is 31.4 Å². The third-order valence-corrected chi connectivity index (χ3v) is 5.29. The second-order valence-corrected chi connectivity index (χ2v) is 6.90. The van der Waals surface area contributed by atoms with E-state index in [9.17, 15) is 14.4 Å². The highest BCUT2D eigenvalue weighted by Crippen LogP contribution is 2.27. The van der Waals surface area contributed by atoms with Gasteiger partial charge in [0.1, 0.15) is 6.04 Å². The highest BCUT2D eigenvalue weighted by Gasteiger charge is 2.40. The van der Waals surface area contributed by atoms with Gasteiger partial charge in [-0.25, -0.2) is 4.79 Å². The summed E-state index contributed by atoms with van der Waals surface area (Å²) in [6.45, 7) is 0.902. The maximum absolute atomic E-state index is 12.9. The van der Waals surface area contributed by atoms with Crippen LogP contribution in [0.3, 0.4) is 0 Å². The molecular weight excluding hydrogens is 334 g/mol. The predicted octanol–water partition coefficient (Wildman–Crippen LogP) is 1.49. The summed E-state index contributed by atoms with van der Waals surface area (Å²) in [7, 11) is 1.31. The van der Waals surface area contributed by atoms with Crippen LogP contribution >= 0.6 is 0 Å². The van der Waals surface area contributed by atoms with E-state index in [4.69, 9.17) is 4.74 Å². The standard InChI is InChI=1S/C19H25N3O4/c1-26-19(25)16-13-21(17(23)15-8-5-9-20-12-15)10-11-22(16)18(24)14-6-3-2-4-7-14/h5,8-9,12,14,16H,2-4,6-7,10-11,13H2,1H3/t16-/m0/s1. The van der Waals surface area contributed by atoms with E-state index in [0.717, 1.165) is 32.1 Å². The molecule has 0 aromatic carbocycles. The van der Waals surface area contributed by atoms with Crippen molar-refractivity contribution in [1.82, 2.24) is 14.8 Å². The zero-order valence-electron chi connectivity index (χ0n) is 15.1. The normalized spacial score (nSPS) is 21.3. The van der Waals surface area contributed by atoms with Crippen LogP contribution < -0.4 is 0 Å². The number of ether oxygens (including phenoxy) is 1. The van der Waals surface area contributed by atoms with Gasteiger partial charge in [-0.1, -0.05) is 19.3 Å². The Bertz CT molecular complexity index is 658. The van der Waals surface area contributed by atoms with E-state index in [2.05, 4.69) is 4.98 Å². The molecule has 1 atom stereocenters. The molecule has 7 nitrogen and oxygen atoms in total. The number of hydrogen-bond acceptors (Lipinski definition) is 5. The zero-order valence-corrected chi connectivity index (χ0v) is 15.1. The molecule has 3 rings (SSSR count). The summed E-state index contributed by atoms with van der Waals surface area (Å²) >= 11 is 0. The quantitative estimate of drug-likeness (QED) is 0.764. The molecule has 1 aromatic rings. The summed E-state index contributed by atoms with van der Waals surface area (Å²) in [5.74, 6) is -0.653. The zero-order chi connectivity index (χ0) is 18.5. The van der Waals surface area contributed by atoms with Crippen LogP contribution in [0.2, 0.25) is 0 Å². The monoisotopic (exact) mass is 359 g/mol. The van der Waals surface area contributed by atoms with Gasteiger partial charge in [-0.05, 0) is 25.0 Å². The second kappa shape index (κ2) is 8.29. The third kappa shape index (κ3) is 3.86. The number of amides is 2. The summed E-state index contributed by atoms with van der Waals surface area (Å²) < 4.78 is 4.91. The van der Waals surface area contributed by atoms with Crippen LogP contribution in [-0.2, 0) is 14.3 Å². The molecular formula is C19H25N3O4. The molecule has 1 saturated heterocycles. The molecule has 0 unspecified atom stereocenters. The molecule has 0 radical (unpaired) electrons. The minimum Gasteiger partial charge on any atom is -0.467 e. The lowest BCUT2D eigenvalue weighted by Gasteiger charge is -2.41. The first-order valence-electron chi connectivity index (χ1n) is 9.19. The van der Waals surface area contributed by atoms with Crippen LogP contribution in [-0.4, -0.2) is 65.4 Å². The van der Waals surface area contributed by atoms with Gasteiger partial charge in [0.15, 0.2) is 0 Å². The Morgan fingerprint density at radius 3 is 2.58 bits per heavy atom. The van der Waals surface area contributed by atoms with Crippen molar-refractivity contribution in [2.45, 2.75) is 38.1 Å². The molecule has 2 amide bonds. The molecule has 2 aliphatic rings. The minimum absolute atomic E-state index is 0.0171. The predicted molar refractivity (Wildman–Crippen MR) is 94.2 cm³/mol. The van der Waals surface area contributed by atoms with Crippen molar-refractivity contribution < 1.29 is 19.1 Å². The van der Waals surface area contributed by atoms with Gasteiger partial charge in [0.25, 0.3) is 5.91 Å². The van der Waals surface area contributed by atoms with Crippen LogP contribution in [0.1, 0.15) is 42.5 Å². The topological polar surface area (TPSA) is 79.8 Å². The Morgan fingerprint density at radius 1 is 1.15 bits per heavy atom. The molecule has 2 fully saturated rings.